The fourth-order valence-corrected chi connectivity index (χ4v) is 3.46. The van der Waals surface area contributed by atoms with Gasteiger partial charge in [0.25, 0.3) is 0 Å². The zero-order valence-electron chi connectivity index (χ0n) is 11.3. The van der Waals surface area contributed by atoms with Gasteiger partial charge in [0.2, 0.25) is 0 Å². The van der Waals surface area contributed by atoms with Gasteiger partial charge in [0, 0.05) is 23.1 Å². The second kappa shape index (κ2) is 5.06. The molecule has 0 bridgehead atoms. The summed E-state index contributed by atoms with van der Waals surface area (Å²) >= 11 is 12.2. The molecule has 0 fully saturated rings. The van der Waals surface area contributed by atoms with Crippen LogP contribution in [0.2, 0.25) is 10.0 Å². The molecule has 1 aliphatic rings. The summed E-state index contributed by atoms with van der Waals surface area (Å²) < 4.78 is 0. The van der Waals surface area contributed by atoms with Crippen LogP contribution in [0.3, 0.4) is 0 Å². The number of H-pyrrole nitrogens is 1. The van der Waals surface area contributed by atoms with Crippen molar-refractivity contribution in [1.82, 2.24) is 10.3 Å². The van der Waals surface area contributed by atoms with Gasteiger partial charge in [-0.2, -0.15) is 0 Å². The van der Waals surface area contributed by atoms with Gasteiger partial charge in [0.1, 0.15) is 0 Å². The van der Waals surface area contributed by atoms with Crippen molar-refractivity contribution in [1.29, 1.82) is 0 Å². The van der Waals surface area contributed by atoms with Crippen LogP contribution in [0.25, 0.3) is 10.9 Å². The Morgan fingerprint density at radius 3 is 2.71 bits per heavy atom. The highest BCUT2D eigenvalue weighted by Crippen LogP contribution is 2.35. The molecular formula is C17H14Cl2N2. The maximum Gasteiger partial charge on any atom is 0.0732 e. The zero-order valence-corrected chi connectivity index (χ0v) is 12.8. The SMILES string of the molecule is Clc1ccc([C@H]2NCCc3c2[nH]c2ccccc32)cc1Cl. The highest BCUT2D eigenvalue weighted by Gasteiger charge is 2.25. The largest absolute Gasteiger partial charge is 0.357 e. The van der Waals surface area contributed by atoms with Crippen molar-refractivity contribution >= 4 is 34.1 Å². The second-order valence-electron chi connectivity index (χ2n) is 5.37. The third-order valence-electron chi connectivity index (χ3n) is 4.14. The molecule has 2 nitrogen and oxygen atoms in total. The van der Waals surface area contributed by atoms with Gasteiger partial charge < -0.3 is 10.3 Å². The van der Waals surface area contributed by atoms with Gasteiger partial charge in [-0.1, -0.05) is 47.5 Å². The quantitative estimate of drug-likeness (QED) is 0.668. The number of benzene rings is 2. The number of rotatable bonds is 1. The van der Waals surface area contributed by atoms with Gasteiger partial charge in [0.05, 0.1) is 16.1 Å². The van der Waals surface area contributed by atoms with Crippen LogP contribution < -0.4 is 5.32 Å². The van der Waals surface area contributed by atoms with E-state index in [0.717, 1.165) is 18.5 Å². The fraction of sp³-hybridized carbons (Fsp3) is 0.176. The molecule has 0 saturated carbocycles. The van der Waals surface area contributed by atoms with Crippen LogP contribution in [0.5, 0.6) is 0 Å². The molecule has 4 rings (SSSR count). The average molecular weight is 317 g/mol. The second-order valence-corrected chi connectivity index (χ2v) is 6.19. The van der Waals surface area contributed by atoms with E-state index in [1.54, 1.807) is 0 Å². The van der Waals surface area contributed by atoms with Crippen LogP contribution in [0.1, 0.15) is 22.9 Å². The minimum atomic E-state index is 0.135. The summed E-state index contributed by atoms with van der Waals surface area (Å²) in [6, 6.07) is 14.4. The number of fused-ring (bicyclic) bond motifs is 3. The van der Waals surface area contributed by atoms with Gasteiger partial charge in [-0.05, 0) is 35.7 Å². The van der Waals surface area contributed by atoms with E-state index < -0.39 is 0 Å². The smallest absolute Gasteiger partial charge is 0.0732 e. The maximum absolute atomic E-state index is 6.17. The number of hydrogen-bond acceptors (Lipinski definition) is 1. The number of nitrogens with one attached hydrogen (secondary N) is 2. The van der Waals surface area contributed by atoms with Crippen molar-refractivity contribution in [3.8, 4) is 0 Å². The first-order valence-corrected chi connectivity index (χ1v) is 7.77. The molecule has 0 amide bonds. The molecule has 2 aromatic carbocycles. The zero-order chi connectivity index (χ0) is 14.4. The Hall–Kier alpha value is -1.48. The Bertz CT molecular complexity index is 823. The van der Waals surface area contributed by atoms with Gasteiger partial charge in [-0.15, -0.1) is 0 Å². The number of aromatic amines is 1. The van der Waals surface area contributed by atoms with Crippen LogP contribution in [0, 0.1) is 0 Å². The van der Waals surface area contributed by atoms with Crippen LogP contribution in [-0.2, 0) is 6.42 Å². The van der Waals surface area contributed by atoms with Gasteiger partial charge in [-0.3, -0.25) is 0 Å². The summed E-state index contributed by atoms with van der Waals surface area (Å²) in [5, 5.41) is 6.07. The summed E-state index contributed by atoms with van der Waals surface area (Å²) in [7, 11) is 0. The summed E-state index contributed by atoms with van der Waals surface area (Å²) in [5.74, 6) is 0. The molecule has 3 aromatic rings. The van der Waals surface area contributed by atoms with E-state index >= 15 is 0 Å². The molecule has 2 heterocycles. The molecular weight excluding hydrogens is 303 g/mol. The fourth-order valence-electron chi connectivity index (χ4n) is 3.16. The Kier molecular flexibility index (Phi) is 3.18. The van der Waals surface area contributed by atoms with Gasteiger partial charge in [0.15, 0.2) is 0 Å². The number of para-hydroxylation sites is 1. The highest BCUT2D eigenvalue weighted by atomic mass is 35.5. The molecule has 1 aliphatic heterocycles. The van der Waals surface area contributed by atoms with E-state index in [2.05, 4.69) is 34.6 Å². The van der Waals surface area contributed by atoms with Gasteiger partial charge >= 0.3 is 0 Å². The lowest BCUT2D eigenvalue weighted by Gasteiger charge is -2.25. The van der Waals surface area contributed by atoms with E-state index in [1.807, 2.05) is 18.2 Å². The molecule has 0 spiro atoms. The minimum absolute atomic E-state index is 0.135. The summed E-state index contributed by atoms with van der Waals surface area (Å²) in [5.41, 5.74) is 4.97. The Morgan fingerprint density at radius 2 is 1.86 bits per heavy atom. The monoisotopic (exact) mass is 316 g/mol. The first-order valence-electron chi connectivity index (χ1n) is 7.02. The Balaban J connectivity index is 1.88. The molecule has 1 aromatic heterocycles. The average Bonchev–Trinajstić information content (AvgIpc) is 2.89. The first kappa shape index (κ1) is 13.2. The van der Waals surface area contributed by atoms with Crippen molar-refractivity contribution in [3.63, 3.8) is 0 Å². The lowest BCUT2D eigenvalue weighted by Crippen LogP contribution is -2.30. The molecule has 106 valence electrons. The van der Waals surface area contributed by atoms with Crippen molar-refractivity contribution in [2.45, 2.75) is 12.5 Å². The molecule has 0 saturated heterocycles. The van der Waals surface area contributed by atoms with Crippen LogP contribution in [0.4, 0.5) is 0 Å². The lowest BCUT2D eigenvalue weighted by atomic mass is 9.94. The van der Waals surface area contributed by atoms with Crippen molar-refractivity contribution in [3.05, 3.63) is 69.3 Å². The molecule has 0 aliphatic carbocycles. The van der Waals surface area contributed by atoms with E-state index in [0.29, 0.717) is 10.0 Å². The van der Waals surface area contributed by atoms with E-state index in [4.69, 9.17) is 23.2 Å². The maximum atomic E-state index is 6.17. The predicted octanol–water partition coefficient (Wildman–Crippen LogP) is 4.71. The topological polar surface area (TPSA) is 27.8 Å². The van der Waals surface area contributed by atoms with E-state index in [1.165, 1.54) is 22.2 Å². The van der Waals surface area contributed by atoms with Crippen LogP contribution >= 0.6 is 23.2 Å². The number of aromatic nitrogens is 1. The summed E-state index contributed by atoms with van der Waals surface area (Å²) in [6.07, 6.45) is 1.04. The molecule has 4 heteroatoms. The molecule has 0 unspecified atom stereocenters. The molecule has 1 atom stereocenters. The molecule has 2 N–H and O–H groups in total. The lowest BCUT2D eigenvalue weighted by molar-refractivity contribution is 0.560. The van der Waals surface area contributed by atoms with Crippen LogP contribution in [-0.4, -0.2) is 11.5 Å². The molecule has 0 radical (unpaired) electrons. The highest BCUT2D eigenvalue weighted by molar-refractivity contribution is 6.42. The van der Waals surface area contributed by atoms with E-state index in [-0.39, 0.29) is 6.04 Å². The van der Waals surface area contributed by atoms with Crippen molar-refractivity contribution in [2.75, 3.05) is 6.54 Å². The minimum Gasteiger partial charge on any atom is -0.357 e. The van der Waals surface area contributed by atoms with E-state index in [9.17, 15) is 0 Å². The number of hydrogen-bond donors (Lipinski definition) is 2. The third kappa shape index (κ3) is 2.15. The Morgan fingerprint density at radius 1 is 1.00 bits per heavy atom. The molecule has 21 heavy (non-hydrogen) atoms. The summed E-state index contributed by atoms with van der Waals surface area (Å²) in [4.78, 5) is 3.56. The van der Waals surface area contributed by atoms with Crippen LogP contribution in [0.15, 0.2) is 42.5 Å². The van der Waals surface area contributed by atoms with Crippen molar-refractivity contribution in [2.24, 2.45) is 0 Å². The predicted molar refractivity (Wildman–Crippen MR) is 88.3 cm³/mol. The van der Waals surface area contributed by atoms with Gasteiger partial charge in [-0.25, -0.2) is 0 Å². The summed E-state index contributed by atoms with van der Waals surface area (Å²) in [6.45, 7) is 0.958. The Labute approximate surface area is 133 Å². The number of halogens is 2. The third-order valence-corrected chi connectivity index (χ3v) is 4.87. The first-order chi connectivity index (χ1) is 10.2. The van der Waals surface area contributed by atoms with Crippen molar-refractivity contribution < 1.29 is 0 Å². The normalized spacial score (nSPS) is 17.9. The standard InChI is InChI=1S/C17H14Cl2N2/c18-13-6-5-10(9-14(13)19)16-17-12(7-8-20-16)11-3-1-2-4-15(11)21-17/h1-6,9,16,20-21H,7-8H2/t16-/m1/s1.